The number of benzene rings is 1. The van der Waals surface area contributed by atoms with Crippen LogP contribution in [0.5, 0.6) is 5.75 Å². The summed E-state index contributed by atoms with van der Waals surface area (Å²) in [6, 6.07) is 10.9. The minimum absolute atomic E-state index is 0.110. The molecular weight excluding hydrogens is 266 g/mol. The Kier molecular flexibility index (Phi) is 5.29. The molecule has 5 nitrogen and oxygen atoms in total. The van der Waals surface area contributed by atoms with Crippen molar-refractivity contribution < 1.29 is 9.53 Å². The Labute approximate surface area is 124 Å². The molecule has 0 unspecified atom stereocenters. The molecule has 0 fully saturated rings. The zero-order chi connectivity index (χ0) is 15.1. The van der Waals surface area contributed by atoms with Gasteiger partial charge in [-0.3, -0.25) is 9.78 Å². The first-order chi connectivity index (χ1) is 10.3. The summed E-state index contributed by atoms with van der Waals surface area (Å²) in [5, 5.41) is 0. The van der Waals surface area contributed by atoms with Crippen LogP contribution in [0.15, 0.2) is 48.8 Å². The van der Waals surface area contributed by atoms with Crippen molar-refractivity contribution >= 4 is 11.6 Å². The van der Waals surface area contributed by atoms with Gasteiger partial charge in [-0.1, -0.05) is 12.1 Å². The zero-order valence-electron chi connectivity index (χ0n) is 12.0. The number of anilines is 1. The highest BCUT2D eigenvalue weighted by molar-refractivity contribution is 6.06. The topological polar surface area (TPSA) is 68.5 Å². The van der Waals surface area contributed by atoms with Crippen LogP contribution in [0.1, 0.15) is 16.8 Å². The molecule has 0 aliphatic heterocycles. The molecule has 0 spiro atoms. The number of aromatic nitrogens is 1. The van der Waals surface area contributed by atoms with Crippen LogP contribution in [0.3, 0.4) is 0 Å². The molecule has 2 aromatic rings. The second kappa shape index (κ2) is 7.40. The minimum atomic E-state index is -0.110. The molecule has 0 bridgehead atoms. The number of hydrogen-bond acceptors (Lipinski definition) is 4. The van der Waals surface area contributed by atoms with Crippen molar-refractivity contribution in [2.45, 2.75) is 6.42 Å². The molecule has 1 amide bonds. The van der Waals surface area contributed by atoms with Gasteiger partial charge in [0.2, 0.25) is 0 Å². The van der Waals surface area contributed by atoms with Gasteiger partial charge >= 0.3 is 0 Å². The number of para-hydroxylation sites is 2. The van der Waals surface area contributed by atoms with Gasteiger partial charge in [0.05, 0.1) is 18.4 Å². The number of nitrogens with zero attached hydrogens (tertiary/aromatic N) is 2. The lowest BCUT2D eigenvalue weighted by Crippen LogP contribution is -2.33. The summed E-state index contributed by atoms with van der Waals surface area (Å²) in [5.74, 6) is 0.549. The van der Waals surface area contributed by atoms with E-state index in [-0.39, 0.29) is 5.91 Å². The van der Waals surface area contributed by atoms with Crippen LogP contribution in [0.25, 0.3) is 0 Å². The van der Waals surface area contributed by atoms with Crippen molar-refractivity contribution in [1.29, 1.82) is 0 Å². The lowest BCUT2D eigenvalue weighted by Gasteiger charge is -2.24. The second-order valence-electron chi connectivity index (χ2n) is 4.51. The molecule has 1 heterocycles. The van der Waals surface area contributed by atoms with Crippen molar-refractivity contribution in [2.75, 3.05) is 25.1 Å². The molecule has 21 heavy (non-hydrogen) atoms. The van der Waals surface area contributed by atoms with E-state index in [1.54, 1.807) is 36.5 Å². The van der Waals surface area contributed by atoms with E-state index in [1.807, 2.05) is 24.3 Å². The molecule has 0 saturated heterocycles. The number of methoxy groups -OCH3 is 1. The minimum Gasteiger partial charge on any atom is -0.495 e. The summed E-state index contributed by atoms with van der Waals surface area (Å²) in [6.07, 6.45) is 3.92. The fourth-order valence-electron chi connectivity index (χ4n) is 2.08. The Bertz CT molecular complexity index is 587. The van der Waals surface area contributed by atoms with E-state index in [4.69, 9.17) is 10.5 Å². The van der Waals surface area contributed by atoms with Gasteiger partial charge in [0.1, 0.15) is 5.75 Å². The van der Waals surface area contributed by atoms with E-state index in [0.29, 0.717) is 30.8 Å². The molecular formula is C16H19N3O2. The van der Waals surface area contributed by atoms with Gasteiger partial charge in [0.25, 0.3) is 5.91 Å². The zero-order valence-corrected chi connectivity index (χ0v) is 12.0. The second-order valence-corrected chi connectivity index (χ2v) is 4.51. The summed E-state index contributed by atoms with van der Waals surface area (Å²) in [5.41, 5.74) is 6.86. The number of pyridine rings is 1. The van der Waals surface area contributed by atoms with Gasteiger partial charge in [0.15, 0.2) is 0 Å². The molecule has 5 heteroatoms. The molecule has 0 aliphatic rings. The number of nitrogens with two attached hydrogens (primary N) is 1. The van der Waals surface area contributed by atoms with Crippen molar-refractivity contribution in [3.05, 3.63) is 54.4 Å². The van der Waals surface area contributed by atoms with E-state index in [1.165, 1.54) is 0 Å². The van der Waals surface area contributed by atoms with E-state index < -0.39 is 0 Å². The fourth-order valence-corrected chi connectivity index (χ4v) is 2.08. The molecule has 1 aromatic carbocycles. The third-order valence-electron chi connectivity index (χ3n) is 3.12. The number of ether oxygens (including phenoxy) is 1. The van der Waals surface area contributed by atoms with Gasteiger partial charge in [-0.25, -0.2) is 0 Å². The van der Waals surface area contributed by atoms with Gasteiger partial charge in [-0.15, -0.1) is 0 Å². The smallest absolute Gasteiger partial charge is 0.259 e. The number of carbonyl (C=O) groups is 1. The van der Waals surface area contributed by atoms with Crippen LogP contribution in [-0.2, 0) is 0 Å². The maximum absolute atomic E-state index is 12.7. The molecule has 0 saturated carbocycles. The number of amides is 1. The van der Waals surface area contributed by atoms with E-state index in [0.717, 1.165) is 5.69 Å². The standard InChI is InChI=1S/C16H19N3O2/c1-21-15-8-3-2-7-14(15)19(11-5-9-17)16(20)13-6-4-10-18-12-13/h2-4,6-8,10,12H,5,9,11,17H2,1H3. The quantitative estimate of drug-likeness (QED) is 0.882. The highest BCUT2D eigenvalue weighted by atomic mass is 16.5. The molecule has 0 atom stereocenters. The van der Waals surface area contributed by atoms with Crippen LogP contribution in [0, 0.1) is 0 Å². The third kappa shape index (κ3) is 3.58. The highest BCUT2D eigenvalue weighted by Crippen LogP contribution is 2.28. The Morgan fingerprint density at radius 3 is 2.76 bits per heavy atom. The SMILES string of the molecule is COc1ccccc1N(CCCN)C(=O)c1cccnc1. The number of rotatable bonds is 6. The van der Waals surface area contributed by atoms with Crippen LogP contribution in [0.4, 0.5) is 5.69 Å². The summed E-state index contributed by atoms with van der Waals surface area (Å²) in [6.45, 7) is 1.05. The lowest BCUT2D eigenvalue weighted by atomic mass is 10.2. The summed E-state index contributed by atoms with van der Waals surface area (Å²) in [4.78, 5) is 18.4. The van der Waals surface area contributed by atoms with E-state index in [2.05, 4.69) is 4.98 Å². The first kappa shape index (κ1) is 15.0. The normalized spacial score (nSPS) is 10.2. The van der Waals surface area contributed by atoms with Crippen molar-refractivity contribution in [3.63, 3.8) is 0 Å². The molecule has 2 N–H and O–H groups in total. The maximum atomic E-state index is 12.7. The average molecular weight is 285 g/mol. The summed E-state index contributed by atoms with van der Waals surface area (Å²) >= 11 is 0. The largest absolute Gasteiger partial charge is 0.495 e. The first-order valence-electron chi connectivity index (χ1n) is 6.83. The van der Waals surface area contributed by atoms with Gasteiger partial charge in [0, 0.05) is 18.9 Å². The van der Waals surface area contributed by atoms with E-state index >= 15 is 0 Å². The van der Waals surface area contributed by atoms with Crippen LogP contribution >= 0.6 is 0 Å². The average Bonchev–Trinajstić information content (AvgIpc) is 2.56. The Hall–Kier alpha value is -2.40. The predicted molar refractivity (Wildman–Crippen MR) is 82.6 cm³/mol. The molecule has 2 rings (SSSR count). The lowest BCUT2D eigenvalue weighted by molar-refractivity contribution is 0.0986. The number of carbonyl (C=O) groups excluding carboxylic acids is 1. The predicted octanol–water partition coefficient (Wildman–Crippen LogP) is 2.09. The Balaban J connectivity index is 2.36. The van der Waals surface area contributed by atoms with Crippen LogP contribution in [-0.4, -0.2) is 31.1 Å². The van der Waals surface area contributed by atoms with Gasteiger partial charge in [-0.05, 0) is 37.2 Å². The Morgan fingerprint density at radius 2 is 2.10 bits per heavy atom. The fraction of sp³-hybridized carbons (Fsp3) is 0.250. The first-order valence-corrected chi connectivity index (χ1v) is 6.83. The van der Waals surface area contributed by atoms with Gasteiger partial charge < -0.3 is 15.4 Å². The number of hydrogen-bond donors (Lipinski definition) is 1. The molecule has 0 aliphatic carbocycles. The summed E-state index contributed by atoms with van der Waals surface area (Å²) < 4.78 is 5.35. The van der Waals surface area contributed by atoms with Crippen molar-refractivity contribution in [1.82, 2.24) is 4.98 Å². The molecule has 110 valence electrons. The summed E-state index contributed by atoms with van der Waals surface area (Å²) in [7, 11) is 1.59. The maximum Gasteiger partial charge on any atom is 0.259 e. The highest BCUT2D eigenvalue weighted by Gasteiger charge is 2.20. The Morgan fingerprint density at radius 1 is 1.29 bits per heavy atom. The molecule has 1 aromatic heterocycles. The monoisotopic (exact) mass is 285 g/mol. The van der Waals surface area contributed by atoms with E-state index in [9.17, 15) is 4.79 Å². The van der Waals surface area contributed by atoms with Crippen LogP contribution < -0.4 is 15.4 Å². The molecule has 0 radical (unpaired) electrons. The third-order valence-corrected chi connectivity index (χ3v) is 3.12. The van der Waals surface area contributed by atoms with Crippen molar-refractivity contribution in [3.8, 4) is 5.75 Å². The van der Waals surface area contributed by atoms with Crippen LogP contribution in [0.2, 0.25) is 0 Å². The van der Waals surface area contributed by atoms with Gasteiger partial charge in [-0.2, -0.15) is 0 Å². The van der Waals surface area contributed by atoms with Crippen molar-refractivity contribution in [2.24, 2.45) is 5.73 Å².